The summed E-state index contributed by atoms with van der Waals surface area (Å²) >= 11 is 4.19. The number of thioether (sulfide) groups is 3. The largest absolute Gasteiger partial charge is 0.462 e. The number of nitrogens with zero attached hydrogens (tertiary/aromatic N) is 1. The van der Waals surface area contributed by atoms with Gasteiger partial charge in [-0.05, 0) is 50.8 Å². The van der Waals surface area contributed by atoms with Gasteiger partial charge in [0, 0.05) is 16.0 Å². The van der Waals surface area contributed by atoms with E-state index in [4.69, 9.17) is 9.47 Å². The molecule has 5 rings (SSSR count). The number of esters is 2. The topological polar surface area (TPSA) is 72.9 Å². The maximum absolute atomic E-state index is 14.0. The maximum atomic E-state index is 14.0. The minimum absolute atomic E-state index is 0.0378. The van der Waals surface area contributed by atoms with Crippen molar-refractivity contribution in [2.45, 2.75) is 43.7 Å². The zero-order valence-electron chi connectivity index (χ0n) is 22.2. The van der Waals surface area contributed by atoms with Crippen molar-refractivity contribution in [3.8, 4) is 0 Å². The Morgan fingerprint density at radius 3 is 2.21 bits per heavy atom. The molecular formula is C30H29NO5S3. The highest BCUT2D eigenvalue weighted by molar-refractivity contribution is 8.25. The molecule has 1 atom stereocenters. The molecule has 0 fully saturated rings. The molecule has 0 radical (unpaired) electrons. The van der Waals surface area contributed by atoms with Crippen molar-refractivity contribution in [3.05, 3.63) is 91.9 Å². The van der Waals surface area contributed by atoms with E-state index >= 15 is 0 Å². The first kappa shape index (κ1) is 27.7. The van der Waals surface area contributed by atoms with Gasteiger partial charge in [-0.3, -0.25) is 4.79 Å². The summed E-state index contributed by atoms with van der Waals surface area (Å²) in [5, 5.41) is 1.81. The smallest absolute Gasteiger partial charge is 0.345 e. The highest BCUT2D eigenvalue weighted by Gasteiger charge is 2.53. The Kier molecular flexibility index (Phi) is 7.77. The molecule has 0 N–H and O–H groups in total. The Morgan fingerprint density at radius 2 is 1.51 bits per heavy atom. The van der Waals surface area contributed by atoms with E-state index in [1.165, 1.54) is 35.3 Å². The molecule has 2 aromatic carbocycles. The van der Waals surface area contributed by atoms with Crippen LogP contribution in [0, 0.1) is 0 Å². The summed E-state index contributed by atoms with van der Waals surface area (Å²) in [6.45, 7) is 8.10. The molecular weight excluding hydrogens is 551 g/mol. The highest BCUT2D eigenvalue weighted by atomic mass is 32.2. The minimum atomic E-state index is -0.799. The van der Waals surface area contributed by atoms with Gasteiger partial charge < -0.3 is 14.4 Å². The summed E-state index contributed by atoms with van der Waals surface area (Å²) in [7, 11) is 0. The number of carbonyl (C=O) groups is 3. The van der Waals surface area contributed by atoms with Crippen LogP contribution in [0.25, 0.3) is 5.57 Å². The maximum Gasteiger partial charge on any atom is 0.345 e. The van der Waals surface area contributed by atoms with Crippen LogP contribution in [0.3, 0.4) is 0 Å². The first-order valence-electron chi connectivity index (χ1n) is 12.8. The zero-order valence-corrected chi connectivity index (χ0v) is 24.6. The number of anilines is 1. The van der Waals surface area contributed by atoms with Gasteiger partial charge >= 0.3 is 11.9 Å². The van der Waals surface area contributed by atoms with Crippen molar-refractivity contribution >= 4 is 64.4 Å². The van der Waals surface area contributed by atoms with E-state index in [1.807, 2.05) is 84.8 Å². The summed E-state index contributed by atoms with van der Waals surface area (Å²) in [6.07, 6.45) is 2.15. The molecule has 3 heterocycles. The highest BCUT2D eigenvalue weighted by Crippen LogP contribution is 2.66. The van der Waals surface area contributed by atoms with E-state index in [1.54, 1.807) is 13.8 Å². The van der Waals surface area contributed by atoms with E-state index in [0.29, 0.717) is 9.81 Å². The number of benzene rings is 2. The molecule has 0 aromatic heterocycles. The molecule has 1 amide bonds. The Hall–Kier alpha value is -2.88. The van der Waals surface area contributed by atoms with Gasteiger partial charge in [0.15, 0.2) is 0 Å². The lowest BCUT2D eigenvalue weighted by Gasteiger charge is -2.49. The van der Waals surface area contributed by atoms with E-state index < -0.39 is 15.6 Å². The third-order valence-electron chi connectivity index (χ3n) is 6.64. The van der Waals surface area contributed by atoms with Crippen LogP contribution in [0.5, 0.6) is 0 Å². The Labute approximate surface area is 241 Å². The van der Waals surface area contributed by atoms with Crippen molar-refractivity contribution in [2.75, 3.05) is 18.1 Å². The quantitative estimate of drug-likeness (QED) is 0.357. The number of carbonyl (C=O) groups excluding carboxylic acids is 3. The van der Waals surface area contributed by atoms with Crippen molar-refractivity contribution in [1.29, 1.82) is 0 Å². The summed E-state index contributed by atoms with van der Waals surface area (Å²) in [4.78, 5) is 43.5. The predicted octanol–water partition coefficient (Wildman–Crippen LogP) is 6.54. The second-order valence-electron chi connectivity index (χ2n) is 9.59. The fourth-order valence-corrected chi connectivity index (χ4v) is 9.42. The number of rotatable bonds is 6. The van der Waals surface area contributed by atoms with Crippen molar-refractivity contribution in [2.24, 2.45) is 0 Å². The van der Waals surface area contributed by atoms with E-state index in [0.717, 1.165) is 27.3 Å². The predicted molar refractivity (Wildman–Crippen MR) is 160 cm³/mol. The van der Waals surface area contributed by atoms with Crippen LogP contribution in [0.2, 0.25) is 0 Å². The molecule has 202 valence electrons. The summed E-state index contributed by atoms with van der Waals surface area (Å²) in [5.41, 5.74) is 2.84. The molecule has 3 aliphatic heterocycles. The van der Waals surface area contributed by atoms with Gasteiger partial charge in [-0.2, -0.15) is 0 Å². The number of para-hydroxylation sites is 1. The fourth-order valence-electron chi connectivity index (χ4n) is 5.03. The Bertz CT molecular complexity index is 1430. The van der Waals surface area contributed by atoms with Crippen molar-refractivity contribution in [1.82, 2.24) is 0 Å². The summed E-state index contributed by atoms with van der Waals surface area (Å²) in [6, 6.07) is 17.6. The van der Waals surface area contributed by atoms with Gasteiger partial charge in [0.1, 0.15) is 8.98 Å². The Morgan fingerprint density at radius 1 is 0.872 bits per heavy atom. The molecule has 0 saturated heterocycles. The lowest BCUT2D eigenvalue weighted by Crippen LogP contribution is -2.53. The first-order valence-corrected chi connectivity index (χ1v) is 15.3. The van der Waals surface area contributed by atoms with Gasteiger partial charge in [0.25, 0.3) is 0 Å². The van der Waals surface area contributed by atoms with Crippen LogP contribution >= 0.6 is 35.3 Å². The van der Waals surface area contributed by atoms with Crippen LogP contribution in [-0.2, 0) is 30.3 Å². The Balaban J connectivity index is 1.65. The molecule has 0 bridgehead atoms. The number of amides is 1. The average molecular weight is 580 g/mol. The van der Waals surface area contributed by atoms with E-state index in [-0.39, 0.29) is 31.5 Å². The second kappa shape index (κ2) is 10.9. The number of hydrogen-bond donors (Lipinski definition) is 0. The van der Waals surface area contributed by atoms with Crippen LogP contribution < -0.4 is 4.90 Å². The lowest BCUT2D eigenvalue weighted by atomic mass is 9.85. The molecule has 9 heteroatoms. The minimum Gasteiger partial charge on any atom is -0.462 e. The van der Waals surface area contributed by atoms with Crippen molar-refractivity contribution < 1.29 is 23.9 Å². The van der Waals surface area contributed by atoms with E-state index in [2.05, 4.69) is 0 Å². The molecule has 6 nitrogen and oxygen atoms in total. The second-order valence-corrected chi connectivity index (χ2v) is 13.3. The number of hydrogen-bond acceptors (Lipinski definition) is 8. The summed E-state index contributed by atoms with van der Waals surface area (Å²) in [5.74, 6) is -0.846. The third-order valence-corrected chi connectivity index (χ3v) is 10.9. The third kappa shape index (κ3) is 4.96. The van der Waals surface area contributed by atoms with Crippen LogP contribution in [-0.4, -0.2) is 40.7 Å². The SMILES string of the molecule is CCOC(=O)C1=C[C@]2(SC=C(C(=O)OCC)S2)C2=C(S1)C(C)(C)N(C(=O)Cc1ccccc1)c1ccccc12. The van der Waals surface area contributed by atoms with Crippen LogP contribution in [0.1, 0.15) is 38.8 Å². The fraction of sp³-hybridized carbons (Fsp3) is 0.300. The standard InChI is InChI=1S/C30H29NO5S3/c1-5-35-27(33)22-17-30(37-18-23(39-30)28(34)36-6-2)25-20-14-10-11-15-21(20)31(29(3,4)26(25)38-22)24(32)16-19-12-8-7-9-13-19/h7-15,17-18H,5-6,16H2,1-4H3/t30-/m1/s1. The van der Waals surface area contributed by atoms with Crippen molar-refractivity contribution in [3.63, 3.8) is 0 Å². The van der Waals surface area contributed by atoms with Gasteiger partial charge in [0.2, 0.25) is 5.91 Å². The molecule has 0 saturated carbocycles. The molecule has 39 heavy (non-hydrogen) atoms. The molecule has 0 unspecified atom stereocenters. The molecule has 3 aliphatic rings. The van der Waals surface area contributed by atoms with Gasteiger partial charge in [-0.15, -0.1) is 11.8 Å². The average Bonchev–Trinajstić information content (AvgIpc) is 3.33. The van der Waals surface area contributed by atoms with Crippen LogP contribution in [0.4, 0.5) is 5.69 Å². The number of fused-ring (bicyclic) bond motifs is 3. The monoisotopic (exact) mass is 579 g/mol. The van der Waals surface area contributed by atoms with Gasteiger partial charge in [-0.1, -0.05) is 72.1 Å². The van der Waals surface area contributed by atoms with Gasteiger partial charge in [-0.25, -0.2) is 9.59 Å². The first-order chi connectivity index (χ1) is 18.7. The molecule has 0 aliphatic carbocycles. The van der Waals surface area contributed by atoms with Gasteiger partial charge in [0.05, 0.1) is 35.8 Å². The number of ether oxygens (including phenoxy) is 2. The van der Waals surface area contributed by atoms with E-state index in [9.17, 15) is 14.4 Å². The zero-order chi connectivity index (χ0) is 27.8. The summed E-state index contributed by atoms with van der Waals surface area (Å²) < 4.78 is 9.91. The molecule has 2 aromatic rings. The lowest BCUT2D eigenvalue weighted by molar-refractivity contribution is -0.138. The normalized spacial score (nSPS) is 21.1. The van der Waals surface area contributed by atoms with Crippen LogP contribution in [0.15, 0.2) is 80.8 Å². The molecule has 1 spiro atoms.